The van der Waals surface area contributed by atoms with Gasteiger partial charge in [0, 0.05) is 24.4 Å². The van der Waals surface area contributed by atoms with E-state index in [0.29, 0.717) is 17.9 Å². The molecule has 0 aromatic rings. The number of piperidine rings is 1. The molecular weight excluding hydrogens is 162 g/mol. The second-order valence-corrected chi connectivity index (χ2v) is 4.27. The van der Waals surface area contributed by atoms with E-state index < -0.39 is 0 Å². The van der Waals surface area contributed by atoms with Crippen molar-refractivity contribution < 1.29 is 4.79 Å². The average Bonchev–Trinajstić information content (AvgIpc) is 2.34. The smallest absolute Gasteiger partial charge is 0.139 e. The molecule has 2 saturated heterocycles. The molecular formula is C11H17NO. The van der Waals surface area contributed by atoms with Crippen molar-refractivity contribution in [2.45, 2.75) is 37.8 Å². The zero-order valence-electron chi connectivity index (χ0n) is 8.20. The lowest BCUT2D eigenvalue weighted by atomic mass is 9.87. The first-order valence-corrected chi connectivity index (χ1v) is 5.09. The van der Waals surface area contributed by atoms with Crippen molar-refractivity contribution in [2.75, 3.05) is 7.05 Å². The summed E-state index contributed by atoms with van der Waals surface area (Å²) in [7, 11) is 2.16. The van der Waals surface area contributed by atoms with Crippen LogP contribution < -0.4 is 0 Å². The molecule has 0 saturated carbocycles. The van der Waals surface area contributed by atoms with E-state index in [1.165, 1.54) is 12.8 Å². The molecule has 2 fully saturated rings. The summed E-state index contributed by atoms with van der Waals surface area (Å²) in [6, 6.07) is 1.04. The standard InChI is InChI=1S/C11H17NO/c1-3-4-9-10-6-5-8(12(10)2)7-11(9)13/h3,8-10H,1,4-7H2,2H3/t8-,9+,10-/m1/s1. The number of hydrogen-bond acceptors (Lipinski definition) is 2. The number of allylic oxidation sites excluding steroid dienone is 1. The van der Waals surface area contributed by atoms with Crippen LogP contribution in [0.1, 0.15) is 25.7 Å². The third-order valence-electron chi connectivity index (χ3n) is 3.63. The molecule has 72 valence electrons. The van der Waals surface area contributed by atoms with Crippen LogP contribution in [-0.2, 0) is 4.79 Å². The Morgan fingerprint density at radius 2 is 2.38 bits per heavy atom. The number of Topliss-reactive ketones (excluding diaryl/α,β-unsaturated/α-hetero) is 1. The SMILES string of the molecule is C=CC[C@@H]1C(=O)C[C@H]2CC[C@H]1N2C. The predicted octanol–water partition coefficient (Wildman–Crippen LogP) is 1.61. The number of carbonyl (C=O) groups excluding carboxylic acids is 1. The lowest BCUT2D eigenvalue weighted by Gasteiger charge is -2.36. The van der Waals surface area contributed by atoms with Gasteiger partial charge in [0.1, 0.15) is 5.78 Å². The third kappa shape index (κ3) is 1.33. The minimum atomic E-state index is 0.237. The van der Waals surface area contributed by atoms with Crippen LogP contribution in [0, 0.1) is 5.92 Å². The van der Waals surface area contributed by atoms with Crippen molar-refractivity contribution in [1.82, 2.24) is 4.90 Å². The summed E-state index contributed by atoms with van der Waals surface area (Å²) in [5.41, 5.74) is 0. The number of carbonyl (C=O) groups is 1. The molecule has 0 aromatic carbocycles. The minimum absolute atomic E-state index is 0.237. The summed E-state index contributed by atoms with van der Waals surface area (Å²) in [5.74, 6) is 0.701. The van der Waals surface area contributed by atoms with Crippen LogP contribution in [0.25, 0.3) is 0 Å². The van der Waals surface area contributed by atoms with E-state index in [1.54, 1.807) is 0 Å². The van der Waals surface area contributed by atoms with Crippen LogP contribution in [0.2, 0.25) is 0 Å². The molecule has 13 heavy (non-hydrogen) atoms. The van der Waals surface area contributed by atoms with Crippen LogP contribution in [0.15, 0.2) is 12.7 Å². The first-order chi connectivity index (χ1) is 6.24. The molecule has 2 rings (SSSR count). The second kappa shape index (κ2) is 3.26. The highest BCUT2D eigenvalue weighted by Crippen LogP contribution is 2.37. The van der Waals surface area contributed by atoms with Gasteiger partial charge in [0.05, 0.1) is 0 Å². The van der Waals surface area contributed by atoms with E-state index in [9.17, 15) is 4.79 Å². The predicted molar refractivity (Wildman–Crippen MR) is 52.5 cm³/mol. The fraction of sp³-hybridized carbons (Fsp3) is 0.727. The Balaban J connectivity index is 2.16. The van der Waals surface area contributed by atoms with E-state index in [4.69, 9.17) is 0 Å². The molecule has 0 unspecified atom stereocenters. The minimum Gasteiger partial charge on any atom is -0.299 e. The Hall–Kier alpha value is -0.630. The highest BCUT2D eigenvalue weighted by Gasteiger charge is 2.43. The third-order valence-corrected chi connectivity index (χ3v) is 3.63. The van der Waals surface area contributed by atoms with Crippen molar-refractivity contribution in [2.24, 2.45) is 5.92 Å². The molecule has 0 spiro atoms. The van der Waals surface area contributed by atoms with E-state index >= 15 is 0 Å². The van der Waals surface area contributed by atoms with E-state index in [1.807, 2.05) is 6.08 Å². The number of rotatable bonds is 2. The molecule has 3 atom stereocenters. The van der Waals surface area contributed by atoms with Crippen molar-refractivity contribution in [1.29, 1.82) is 0 Å². The number of nitrogens with zero attached hydrogens (tertiary/aromatic N) is 1. The van der Waals surface area contributed by atoms with E-state index in [0.717, 1.165) is 12.8 Å². The van der Waals surface area contributed by atoms with Crippen molar-refractivity contribution in [3.05, 3.63) is 12.7 Å². The lowest BCUT2D eigenvalue weighted by molar-refractivity contribution is -0.128. The largest absolute Gasteiger partial charge is 0.299 e. The van der Waals surface area contributed by atoms with Crippen LogP contribution in [0.4, 0.5) is 0 Å². The lowest BCUT2D eigenvalue weighted by Crippen LogP contribution is -2.46. The molecule has 2 bridgehead atoms. The molecule has 0 aromatic heterocycles. The summed E-state index contributed by atoms with van der Waals surface area (Å²) < 4.78 is 0. The molecule has 0 radical (unpaired) electrons. The van der Waals surface area contributed by atoms with Crippen LogP contribution in [0.3, 0.4) is 0 Å². The van der Waals surface area contributed by atoms with Gasteiger partial charge in [0.25, 0.3) is 0 Å². The maximum Gasteiger partial charge on any atom is 0.139 e. The topological polar surface area (TPSA) is 20.3 Å². The van der Waals surface area contributed by atoms with Crippen LogP contribution in [-0.4, -0.2) is 29.8 Å². The highest BCUT2D eigenvalue weighted by atomic mass is 16.1. The number of fused-ring (bicyclic) bond motifs is 2. The van der Waals surface area contributed by atoms with Gasteiger partial charge < -0.3 is 0 Å². The van der Waals surface area contributed by atoms with Crippen molar-refractivity contribution >= 4 is 5.78 Å². The summed E-state index contributed by atoms with van der Waals surface area (Å²) in [5, 5.41) is 0. The Labute approximate surface area is 79.6 Å². The van der Waals surface area contributed by atoms with Gasteiger partial charge in [-0.15, -0.1) is 6.58 Å². The molecule has 2 nitrogen and oxygen atoms in total. The van der Waals surface area contributed by atoms with Gasteiger partial charge in [-0.3, -0.25) is 9.69 Å². The maximum absolute atomic E-state index is 11.7. The molecule has 2 heteroatoms. The molecule has 0 N–H and O–H groups in total. The van der Waals surface area contributed by atoms with E-state index in [2.05, 4.69) is 18.5 Å². The first kappa shape index (κ1) is 8.95. The summed E-state index contributed by atoms with van der Waals surface area (Å²) >= 11 is 0. The fourth-order valence-corrected chi connectivity index (χ4v) is 2.84. The van der Waals surface area contributed by atoms with Gasteiger partial charge in [-0.2, -0.15) is 0 Å². The Kier molecular flexibility index (Phi) is 2.24. The van der Waals surface area contributed by atoms with Gasteiger partial charge in [-0.1, -0.05) is 6.08 Å². The number of hydrogen-bond donors (Lipinski definition) is 0. The quantitative estimate of drug-likeness (QED) is 0.600. The maximum atomic E-state index is 11.7. The fourth-order valence-electron chi connectivity index (χ4n) is 2.84. The summed E-state index contributed by atoms with van der Waals surface area (Å²) in [6.45, 7) is 3.73. The van der Waals surface area contributed by atoms with Crippen molar-refractivity contribution in [3.63, 3.8) is 0 Å². The molecule has 2 aliphatic heterocycles. The van der Waals surface area contributed by atoms with Crippen LogP contribution in [0.5, 0.6) is 0 Å². The average molecular weight is 179 g/mol. The Morgan fingerprint density at radius 3 is 3.08 bits per heavy atom. The number of ketones is 1. The monoisotopic (exact) mass is 179 g/mol. The van der Waals surface area contributed by atoms with Gasteiger partial charge in [-0.05, 0) is 26.3 Å². The van der Waals surface area contributed by atoms with Crippen LogP contribution >= 0.6 is 0 Å². The molecule has 0 aliphatic carbocycles. The van der Waals surface area contributed by atoms with E-state index in [-0.39, 0.29) is 5.92 Å². The molecule has 0 amide bonds. The zero-order chi connectivity index (χ0) is 9.42. The summed E-state index contributed by atoms with van der Waals surface area (Å²) in [6.07, 6.45) is 5.92. The molecule has 2 aliphatic rings. The molecule has 2 heterocycles. The summed E-state index contributed by atoms with van der Waals surface area (Å²) in [4.78, 5) is 14.1. The highest BCUT2D eigenvalue weighted by molar-refractivity contribution is 5.83. The van der Waals surface area contributed by atoms with Gasteiger partial charge in [0.2, 0.25) is 0 Å². The Morgan fingerprint density at radius 1 is 1.62 bits per heavy atom. The first-order valence-electron chi connectivity index (χ1n) is 5.09. The van der Waals surface area contributed by atoms with Crippen molar-refractivity contribution in [3.8, 4) is 0 Å². The van der Waals surface area contributed by atoms with Gasteiger partial charge in [0.15, 0.2) is 0 Å². The van der Waals surface area contributed by atoms with Gasteiger partial charge >= 0.3 is 0 Å². The Bertz CT molecular complexity index is 236. The normalized spacial score (nSPS) is 39.5. The zero-order valence-corrected chi connectivity index (χ0v) is 8.20. The van der Waals surface area contributed by atoms with Gasteiger partial charge in [-0.25, -0.2) is 0 Å². The second-order valence-electron chi connectivity index (χ2n) is 4.27.